The second-order valence-electron chi connectivity index (χ2n) is 6.01. The average Bonchev–Trinajstić information content (AvgIpc) is 2.60. The minimum atomic E-state index is -0.897. The van der Waals surface area contributed by atoms with Gasteiger partial charge in [-0.3, -0.25) is 4.79 Å². The van der Waals surface area contributed by atoms with E-state index in [1.54, 1.807) is 25.3 Å². The molecule has 5 heteroatoms. The molecule has 0 bridgehead atoms. The summed E-state index contributed by atoms with van der Waals surface area (Å²) in [6, 6.07) is 12.7. The Bertz CT molecular complexity index is 707. The van der Waals surface area contributed by atoms with E-state index in [9.17, 15) is 9.90 Å². The van der Waals surface area contributed by atoms with E-state index < -0.39 is 11.9 Å². The van der Waals surface area contributed by atoms with Gasteiger partial charge in [-0.25, -0.2) is 0 Å². The number of carboxylic acids is 1. The lowest BCUT2D eigenvalue weighted by molar-refractivity contribution is -0.138. The number of methoxy groups -OCH3 is 2. The predicted octanol–water partition coefficient (Wildman–Crippen LogP) is 3.90. The number of ether oxygens (including phenoxy) is 3. The van der Waals surface area contributed by atoms with Gasteiger partial charge in [-0.15, -0.1) is 0 Å². The van der Waals surface area contributed by atoms with Crippen molar-refractivity contribution >= 4 is 5.97 Å². The summed E-state index contributed by atoms with van der Waals surface area (Å²) in [5, 5.41) is 9.70. The van der Waals surface area contributed by atoms with Crippen LogP contribution in [0.5, 0.6) is 17.2 Å². The second-order valence-corrected chi connectivity index (χ2v) is 6.01. The standard InChI is InChI=1S/C20H24O5/c1-13(2)25-15-7-5-14(6-8-15)11-18(20(21)22)17-10-9-16(23-3)12-19(17)24-4/h5-10,12-13,18H,11H2,1-4H3,(H,21,22). The monoisotopic (exact) mass is 344 g/mol. The summed E-state index contributed by atoms with van der Waals surface area (Å²) in [6.45, 7) is 3.93. The highest BCUT2D eigenvalue weighted by atomic mass is 16.5. The molecule has 0 amide bonds. The summed E-state index contributed by atoms with van der Waals surface area (Å²) in [5.74, 6) is 0.294. The molecule has 1 unspecified atom stereocenters. The SMILES string of the molecule is COc1ccc(C(Cc2ccc(OC(C)C)cc2)C(=O)O)c(OC)c1. The Labute approximate surface area is 148 Å². The molecule has 0 fully saturated rings. The number of rotatable bonds is 8. The van der Waals surface area contributed by atoms with Crippen molar-refractivity contribution in [3.05, 3.63) is 53.6 Å². The van der Waals surface area contributed by atoms with Crippen molar-refractivity contribution in [2.24, 2.45) is 0 Å². The lowest BCUT2D eigenvalue weighted by Crippen LogP contribution is -2.15. The third-order valence-corrected chi connectivity index (χ3v) is 3.85. The average molecular weight is 344 g/mol. The molecule has 5 nitrogen and oxygen atoms in total. The molecule has 0 spiro atoms. The first-order chi connectivity index (χ1) is 11.9. The molecular formula is C20H24O5. The fourth-order valence-corrected chi connectivity index (χ4v) is 2.65. The first-order valence-corrected chi connectivity index (χ1v) is 8.15. The molecule has 1 N–H and O–H groups in total. The minimum absolute atomic E-state index is 0.0983. The highest BCUT2D eigenvalue weighted by molar-refractivity contribution is 5.78. The van der Waals surface area contributed by atoms with Gasteiger partial charge in [0.2, 0.25) is 0 Å². The zero-order valence-electron chi connectivity index (χ0n) is 15.0. The largest absolute Gasteiger partial charge is 0.497 e. The first kappa shape index (κ1) is 18.6. The number of aliphatic carboxylic acids is 1. The van der Waals surface area contributed by atoms with Crippen LogP contribution in [-0.4, -0.2) is 31.4 Å². The Hall–Kier alpha value is -2.69. The van der Waals surface area contributed by atoms with Crippen LogP contribution in [0.4, 0.5) is 0 Å². The van der Waals surface area contributed by atoms with Crippen molar-refractivity contribution in [2.75, 3.05) is 14.2 Å². The Kier molecular flexibility index (Phi) is 6.28. The molecule has 0 aliphatic rings. The number of benzene rings is 2. The van der Waals surface area contributed by atoms with Crippen molar-refractivity contribution in [3.63, 3.8) is 0 Å². The third-order valence-electron chi connectivity index (χ3n) is 3.85. The Balaban J connectivity index is 2.26. The predicted molar refractivity (Wildman–Crippen MR) is 95.8 cm³/mol. The van der Waals surface area contributed by atoms with Gasteiger partial charge < -0.3 is 19.3 Å². The molecule has 134 valence electrons. The lowest BCUT2D eigenvalue weighted by Gasteiger charge is -2.17. The van der Waals surface area contributed by atoms with E-state index in [1.807, 2.05) is 38.1 Å². The molecule has 0 radical (unpaired) electrons. The van der Waals surface area contributed by atoms with Crippen LogP contribution in [0.1, 0.15) is 30.9 Å². The van der Waals surface area contributed by atoms with Crippen LogP contribution >= 0.6 is 0 Å². The minimum Gasteiger partial charge on any atom is -0.497 e. The van der Waals surface area contributed by atoms with E-state index in [2.05, 4.69) is 0 Å². The normalized spacial score (nSPS) is 11.9. The van der Waals surface area contributed by atoms with Gasteiger partial charge in [-0.2, -0.15) is 0 Å². The van der Waals surface area contributed by atoms with E-state index in [4.69, 9.17) is 14.2 Å². The Morgan fingerprint density at radius 2 is 1.64 bits per heavy atom. The summed E-state index contributed by atoms with van der Waals surface area (Å²) < 4.78 is 16.1. The number of hydrogen-bond donors (Lipinski definition) is 1. The van der Waals surface area contributed by atoms with Gasteiger partial charge in [0.25, 0.3) is 0 Å². The molecule has 2 aromatic carbocycles. The summed E-state index contributed by atoms with van der Waals surface area (Å²) in [5.41, 5.74) is 1.54. The Morgan fingerprint density at radius 3 is 2.16 bits per heavy atom. The van der Waals surface area contributed by atoms with Gasteiger partial charge in [0.05, 0.1) is 26.2 Å². The van der Waals surface area contributed by atoms with Crippen molar-refractivity contribution in [1.82, 2.24) is 0 Å². The topological polar surface area (TPSA) is 65.0 Å². The van der Waals surface area contributed by atoms with Gasteiger partial charge >= 0.3 is 5.97 Å². The number of carboxylic acid groups (broad SMARTS) is 1. The molecule has 0 aliphatic heterocycles. The van der Waals surface area contributed by atoms with E-state index in [0.29, 0.717) is 23.5 Å². The van der Waals surface area contributed by atoms with E-state index in [-0.39, 0.29) is 6.10 Å². The van der Waals surface area contributed by atoms with Gasteiger partial charge in [0.1, 0.15) is 17.2 Å². The van der Waals surface area contributed by atoms with Crippen molar-refractivity contribution in [1.29, 1.82) is 0 Å². The molecule has 2 aromatic rings. The summed E-state index contributed by atoms with van der Waals surface area (Å²) in [7, 11) is 3.08. The maximum atomic E-state index is 11.8. The molecule has 25 heavy (non-hydrogen) atoms. The molecule has 2 rings (SSSR count). The lowest BCUT2D eigenvalue weighted by atomic mass is 9.91. The summed E-state index contributed by atoms with van der Waals surface area (Å²) in [6.07, 6.45) is 0.459. The first-order valence-electron chi connectivity index (χ1n) is 8.15. The molecule has 1 atom stereocenters. The maximum Gasteiger partial charge on any atom is 0.311 e. The zero-order chi connectivity index (χ0) is 18.4. The van der Waals surface area contributed by atoms with Crippen LogP contribution in [0.25, 0.3) is 0 Å². The maximum absolute atomic E-state index is 11.8. The fraction of sp³-hybridized carbons (Fsp3) is 0.350. The second kappa shape index (κ2) is 8.42. The van der Waals surface area contributed by atoms with Crippen LogP contribution in [0.2, 0.25) is 0 Å². The van der Waals surface area contributed by atoms with E-state index in [1.165, 1.54) is 7.11 Å². The molecule has 0 saturated carbocycles. The molecular weight excluding hydrogens is 320 g/mol. The molecule has 0 heterocycles. The van der Waals surface area contributed by atoms with Crippen molar-refractivity contribution in [2.45, 2.75) is 32.3 Å². The summed E-state index contributed by atoms with van der Waals surface area (Å²) in [4.78, 5) is 11.8. The van der Waals surface area contributed by atoms with Gasteiger partial charge in [0, 0.05) is 11.6 Å². The zero-order valence-corrected chi connectivity index (χ0v) is 15.0. The van der Waals surface area contributed by atoms with Gasteiger partial charge in [-0.05, 0) is 44.0 Å². The van der Waals surface area contributed by atoms with E-state index >= 15 is 0 Å². The van der Waals surface area contributed by atoms with Crippen molar-refractivity contribution < 1.29 is 24.1 Å². The summed E-state index contributed by atoms with van der Waals surface area (Å²) >= 11 is 0. The number of carbonyl (C=O) groups is 1. The van der Waals surface area contributed by atoms with Crippen LogP contribution in [0.3, 0.4) is 0 Å². The van der Waals surface area contributed by atoms with Crippen LogP contribution in [0.15, 0.2) is 42.5 Å². The smallest absolute Gasteiger partial charge is 0.311 e. The van der Waals surface area contributed by atoms with Crippen molar-refractivity contribution in [3.8, 4) is 17.2 Å². The molecule has 0 saturated heterocycles. The van der Waals surface area contributed by atoms with E-state index in [0.717, 1.165) is 11.3 Å². The molecule has 0 aromatic heterocycles. The van der Waals surface area contributed by atoms with Gasteiger partial charge in [0.15, 0.2) is 0 Å². The van der Waals surface area contributed by atoms with Crippen LogP contribution < -0.4 is 14.2 Å². The van der Waals surface area contributed by atoms with Crippen LogP contribution in [-0.2, 0) is 11.2 Å². The highest BCUT2D eigenvalue weighted by Gasteiger charge is 2.24. The highest BCUT2D eigenvalue weighted by Crippen LogP contribution is 2.33. The van der Waals surface area contributed by atoms with Crippen LogP contribution in [0, 0.1) is 0 Å². The number of hydrogen-bond acceptors (Lipinski definition) is 4. The van der Waals surface area contributed by atoms with Gasteiger partial charge in [-0.1, -0.05) is 18.2 Å². The molecule has 0 aliphatic carbocycles. The third kappa shape index (κ3) is 4.89. The quantitative estimate of drug-likeness (QED) is 0.787. The fourth-order valence-electron chi connectivity index (χ4n) is 2.65. The Morgan fingerprint density at radius 1 is 1.00 bits per heavy atom.